The number of allylic oxidation sites excluding steroid dienone is 4. The van der Waals surface area contributed by atoms with Gasteiger partial charge >= 0.3 is 0 Å². The van der Waals surface area contributed by atoms with Crippen molar-refractivity contribution in [3.05, 3.63) is 52.6 Å². The molecule has 0 atom stereocenters. The van der Waals surface area contributed by atoms with Crippen molar-refractivity contribution in [2.24, 2.45) is 0 Å². The molecule has 90 valence electrons. The summed E-state index contributed by atoms with van der Waals surface area (Å²) in [7, 11) is 0. The average molecular weight is 242 g/mol. The Labute approximate surface area is 96.3 Å². The first-order valence-corrected chi connectivity index (χ1v) is 5.20. The molecule has 4 heteroatoms. The quantitative estimate of drug-likeness (QED) is 0.631. The van der Waals surface area contributed by atoms with Gasteiger partial charge in [-0.2, -0.15) is 0 Å². The number of hydrogen-bond donors (Lipinski definition) is 0. The highest BCUT2D eigenvalue weighted by Gasteiger charge is 2.19. The van der Waals surface area contributed by atoms with Gasteiger partial charge in [0.2, 0.25) is 0 Å². The van der Waals surface area contributed by atoms with Crippen LogP contribution in [-0.4, -0.2) is 0 Å². The predicted octanol–water partition coefficient (Wildman–Crippen LogP) is 4.60. The topological polar surface area (TPSA) is 0 Å². The van der Waals surface area contributed by atoms with Crippen molar-refractivity contribution in [1.29, 1.82) is 0 Å². The minimum absolute atomic E-state index is 0.00394. The van der Waals surface area contributed by atoms with Crippen LogP contribution in [-0.2, 0) is 0 Å². The Balaban J connectivity index is 2.50. The van der Waals surface area contributed by atoms with Crippen LogP contribution in [0.25, 0.3) is 5.57 Å². The minimum atomic E-state index is -1.01. The first kappa shape index (κ1) is 11.9. The van der Waals surface area contributed by atoms with Crippen molar-refractivity contribution in [3.63, 3.8) is 0 Å². The van der Waals surface area contributed by atoms with E-state index in [2.05, 4.69) is 0 Å². The van der Waals surface area contributed by atoms with E-state index in [9.17, 15) is 17.6 Å². The fourth-order valence-corrected chi connectivity index (χ4v) is 1.77. The van der Waals surface area contributed by atoms with Crippen molar-refractivity contribution < 1.29 is 17.6 Å². The summed E-state index contributed by atoms with van der Waals surface area (Å²) in [4.78, 5) is 0. The Morgan fingerprint density at radius 1 is 0.941 bits per heavy atom. The first-order valence-electron chi connectivity index (χ1n) is 5.20. The lowest BCUT2D eigenvalue weighted by molar-refractivity contribution is 0.497. The molecule has 17 heavy (non-hydrogen) atoms. The normalized spacial score (nSPS) is 16.2. The standard InChI is InChI=1S/C13H10F4/c1-7-2-4-9(13(17)12(7)16)8-3-5-10(14)11(15)6-8/h2,4,6H,3,5H2,1H3. The molecule has 0 saturated carbocycles. The number of rotatable bonds is 1. The van der Waals surface area contributed by atoms with Crippen LogP contribution in [0.15, 0.2) is 29.9 Å². The average Bonchev–Trinajstić information content (AvgIpc) is 2.30. The molecule has 0 N–H and O–H groups in total. The van der Waals surface area contributed by atoms with E-state index in [1.807, 2.05) is 0 Å². The van der Waals surface area contributed by atoms with Gasteiger partial charge in [0.05, 0.1) is 0 Å². The Kier molecular flexibility index (Phi) is 3.05. The monoisotopic (exact) mass is 242 g/mol. The summed E-state index contributed by atoms with van der Waals surface area (Å²) in [5.41, 5.74) is 0.459. The largest absolute Gasteiger partial charge is 0.209 e. The SMILES string of the molecule is Cc1ccc(C2=CC(F)=C(F)CC2)c(F)c1F. The van der Waals surface area contributed by atoms with Crippen LogP contribution in [0.2, 0.25) is 0 Å². The molecule has 0 saturated heterocycles. The Morgan fingerprint density at radius 2 is 1.65 bits per heavy atom. The van der Waals surface area contributed by atoms with Gasteiger partial charge in [-0.25, -0.2) is 17.6 Å². The third-order valence-electron chi connectivity index (χ3n) is 2.80. The Bertz CT molecular complexity index is 526. The van der Waals surface area contributed by atoms with Gasteiger partial charge in [-0.1, -0.05) is 12.1 Å². The van der Waals surface area contributed by atoms with Crippen molar-refractivity contribution in [2.45, 2.75) is 19.8 Å². The van der Waals surface area contributed by atoms with Gasteiger partial charge < -0.3 is 0 Å². The highest BCUT2D eigenvalue weighted by atomic mass is 19.2. The second-order valence-electron chi connectivity index (χ2n) is 3.98. The molecule has 2 rings (SSSR count). The molecule has 0 unspecified atom stereocenters. The molecule has 0 bridgehead atoms. The first-order chi connectivity index (χ1) is 8.00. The maximum absolute atomic E-state index is 13.6. The number of halogens is 4. The molecule has 1 aromatic carbocycles. The summed E-state index contributed by atoms with van der Waals surface area (Å²) < 4.78 is 52.8. The summed E-state index contributed by atoms with van der Waals surface area (Å²) in [5, 5.41) is 0. The molecular formula is C13H10F4. The molecule has 0 nitrogen and oxygen atoms in total. The molecule has 0 spiro atoms. The predicted molar refractivity (Wildman–Crippen MR) is 57.5 cm³/mol. The van der Waals surface area contributed by atoms with E-state index in [1.54, 1.807) is 0 Å². The smallest absolute Gasteiger partial charge is 0.166 e. The zero-order valence-electron chi connectivity index (χ0n) is 9.16. The lowest BCUT2D eigenvalue weighted by Gasteiger charge is -2.13. The van der Waals surface area contributed by atoms with E-state index in [0.717, 1.165) is 6.08 Å². The van der Waals surface area contributed by atoms with E-state index in [4.69, 9.17) is 0 Å². The Morgan fingerprint density at radius 3 is 2.29 bits per heavy atom. The number of aryl methyl sites for hydroxylation is 1. The summed E-state index contributed by atoms with van der Waals surface area (Å²) in [6, 6.07) is 2.80. The van der Waals surface area contributed by atoms with Gasteiger partial charge in [0.1, 0.15) is 5.83 Å². The van der Waals surface area contributed by atoms with Crippen LogP contribution in [0.5, 0.6) is 0 Å². The molecule has 1 aromatic rings. The van der Waals surface area contributed by atoms with E-state index in [1.165, 1.54) is 19.1 Å². The van der Waals surface area contributed by atoms with Gasteiger partial charge in [-0.15, -0.1) is 0 Å². The van der Waals surface area contributed by atoms with Crippen LogP contribution < -0.4 is 0 Å². The summed E-state index contributed by atoms with van der Waals surface area (Å²) >= 11 is 0. The number of benzene rings is 1. The lowest BCUT2D eigenvalue weighted by Crippen LogP contribution is -2.00. The second kappa shape index (κ2) is 4.35. The van der Waals surface area contributed by atoms with Gasteiger partial charge in [-0.05, 0) is 30.6 Å². The molecule has 0 radical (unpaired) electrons. The lowest BCUT2D eigenvalue weighted by atomic mass is 9.95. The summed E-state index contributed by atoms with van der Waals surface area (Å²) in [5.74, 6) is -3.81. The highest BCUT2D eigenvalue weighted by Crippen LogP contribution is 2.33. The molecule has 1 aliphatic carbocycles. The van der Waals surface area contributed by atoms with Gasteiger partial charge in [0, 0.05) is 12.0 Å². The van der Waals surface area contributed by atoms with Crippen molar-refractivity contribution >= 4 is 5.57 Å². The van der Waals surface area contributed by atoms with E-state index in [-0.39, 0.29) is 29.5 Å². The number of hydrogen-bond acceptors (Lipinski definition) is 0. The molecule has 1 aliphatic rings. The van der Waals surface area contributed by atoms with Crippen LogP contribution in [0, 0.1) is 18.6 Å². The zero-order valence-corrected chi connectivity index (χ0v) is 9.16. The van der Waals surface area contributed by atoms with E-state index >= 15 is 0 Å². The molecule has 0 aliphatic heterocycles. The minimum Gasteiger partial charge on any atom is -0.209 e. The van der Waals surface area contributed by atoms with Gasteiger partial charge in [-0.3, -0.25) is 0 Å². The van der Waals surface area contributed by atoms with E-state index < -0.39 is 23.3 Å². The van der Waals surface area contributed by atoms with Gasteiger partial charge in [0.15, 0.2) is 17.5 Å². The van der Waals surface area contributed by atoms with Crippen LogP contribution in [0.3, 0.4) is 0 Å². The molecular weight excluding hydrogens is 232 g/mol. The van der Waals surface area contributed by atoms with E-state index in [0.29, 0.717) is 0 Å². The molecule has 0 fully saturated rings. The Hall–Kier alpha value is -1.58. The highest BCUT2D eigenvalue weighted by molar-refractivity contribution is 5.70. The maximum Gasteiger partial charge on any atom is 0.166 e. The van der Waals surface area contributed by atoms with Crippen LogP contribution >= 0.6 is 0 Å². The van der Waals surface area contributed by atoms with Crippen LogP contribution in [0.4, 0.5) is 17.6 Å². The fourth-order valence-electron chi connectivity index (χ4n) is 1.77. The second-order valence-corrected chi connectivity index (χ2v) is 3.98. The van der Waals surface area contributed by atoms with Crippen molar-refractivity contribution in [1.82, 2.24) is 0 Å². The third-order valence-corrected chi connectivity index (χ3v) is 2.80. The molecule has 0 heterocycles. The zero-order chi connectivity index (χ0) is 12.6. The summed E-state index contributed by atoms with van der Waals surface area (Å²) in [6.07, 6.45) is 0.970. The van der Waals surface area contributed by atoms with Crippen molar-refractivity contribution in [2.75, 3.05) is 0 Å². The fraction of sp³-hybridized carbons (Fsp3) is 0.231. The van der Waals surface area contributed by atoms with Gasteiger partial charge in [0.25, 0.3) is 0 Å². The van der Waals surface area contributed by atoms with Crippen LogP contribution in [0.1, 0.15) is 24.0 Å². The molecule has 0 amide bonds. The maximum atomic E-state index is 13.6. The summed E-state index contributed by atoms with van der Waals surface area (Å²) in [6.45, 7) is 1.44. The van der Waals surface area contributed by atoms with Crippen molar-refractivity contribution in [3.8, 4) is 0 Å². The molecule has 0 aromatic heterocycles. The third kappa shape index (κ3) is 2.12.